The van der Waals surface area contributed by atoms with Gasteiger partial charge in [0.2, 0.25) is 16.0 Å². The van der Waals surface area contributed by atoms with Crippen LogP contribution in [0.3, 0.4) is 0 Å². The van der Waals surface area contributed by atoms with Crippen molar-refractivity contribution in [2.24, 2.45) is 0 Å². The third kappa shape index (κ3) is 4.17. The van der Waals surface area contributed by atoms with Gasteiger partial charge in [-0.1, -0.05) is 48.5 Å². The molecular weight excluding hydrogens is 391 g/mol. The summed E-state index contributed by atoms with van der Waals surface area (Å²) in [6, 6.07) is 18.4. The molecule has 0 saturated heterocycles. The first kappa shape index (κ1) is 18.8. The molecule has 146 valence electrons. The van der Waals surface area contributed by atoms with Crippen molar-refractivity contribution in [3.05, 3.63) is 84.3 Å². The maximum atomic E-state index is 15.1. The Morgan fingerprint density at radius 3 is 2.59 bits per heavy atom. The fourth-order valence-electron chi connectivity index (χ4n) is 3.05. The Morgan fingerprint density at radius 2 is 1.79 bits per heavy atom. The Bertz CT molecular complexity index is 1290. The highest BCUT2D eigenvalue weighted by Gasteiger charge is 2.17. The van der Waals surface area contributed by atoms with Gasteiger partial charge in [-0.3, -0.25) is 4.72 Å². The predicted molar refractivity (Wildman–Crippen MR) is 112 cm³/mol. The minimum absolute atomic E-state index is 0.105. The molecule has 29 heavy (non-hydrogen) atoms. The molecule has 8 heteroatoms. The summed E-state index contributed by atoms with van der Waals surface area (Å²) in [5.74, 6) is -0.738. The number of anilines is 2. The predicted octanol–water partition coefficient (Wildman–Crippen LogP) is 3.96. The summed E-state index contributed by atoms with van der Waals surface area (Å²) in [5, 5.41) is 0.700. The fraction of sp³-hybridized carbons (Fsp3) is 0.0476. The lowest BCUT2D eigenvalue weighted by Gasteiger charge is -2.12. The van der Waals surface area contributed by atoms with Gasteiger partial charge in [-0.25, -0.2) is 22.8 Å². The van der Waals surface area contributed by atoms with Crippen LogP contribution in [-0.4, -0.2) is 18.4 Å². The second-order valence-corrected chi connectivity index (χ2v) is 8.24. The number of nitrogens with two attached hydrogens (primary N) is 1. The SMILES string of the molecule is Nc1ncc2cc(-c3cccc(NS(=O)(=O)Cc4ccccc4)c3F)ccc2n1. The summed E-state index contributed by atoms with van der Waals surface area (Å²) >= 11 is 0. The Hall–Kier alpha value is -3.52. The van der Waals surface area contributed by atoms with E-state index >= 15 is 4.39 Å². The number of nitrogen functional groups attached to an aromatic ring is 1. The van der Waals surface area contributed by atoms with Gasteiger partial charge in [0.15, 0.2) is 5.82 Å². The van der Waals surface area contributed by atoms with Gasteiger partial charge >= 0.3 is 0 Å². The van der Waals surface area contributed by atoms with Gasteiger partial charge in [0, 0.05) is 17.1 Å². The quantitative estimate of drug-likeness (QED) is 0.521. The minimum Gasteiger partial charge on any atom is -0.368 e. The first-order valence-corrected chi connectivity index (χ1v) is 10.4. The first-order chi connectivity index (χ1) is 13.9. The van der Waals surface area contributed by atoms with E-state index in [0.29, 0.717) is 22.0 Å². The van der Waals surface area contributed by atoms with E-state index in [1.54, 1.807) is 66.9 Å². The Balaban J connectivity index is 1.66. The lowest BCUT2D eigenvalue weighted by Crippen LogP contribution is -2.16. The molecule has 0 aliphatic rings. The average molecular weight is 408 g/mol. The van der Waals surface area contributed by atoms with Gasteiger partial charge in [0.05, 0.1) is 17.0 Å². The van der Waals surface area contributed by atoms with Crippen LogP contribution in [0.4, 0.5) is 16.0 Å². The molecule has 0 amide bonds. The maximum Gasteiger partial charge on any atom is 0.237 e. The summed E-state index contributed by atoms with van der Waals surface area (Å²) < 4.78 is 42.4. The molecule has 0 saturated carbocycles. The van der Waals surface area contributed by atoms with Crippen molar-refractivity contribution in [3.63, 3.8) is 0 Å². The van der Waals surface area contributed by atoms with Gasteiger partial charge in [0.25, 0.3) is 0 Å². The fourth-order valence-corrected chi connectivity index (χ4v) is 4.24. The Morgan fingerprint density at radius 1 is 1.00 bits per heavy atom. The summed E-state index contributed by atoms with van der Waals surface area (Å²) in [6.45, 7) is 0. The van der Waals surface area contributed by atoms with Crippen LogP contribution in [-0.2, 0) is 15.8 Å². The number of fused-ring (bicyclic) bond motifs is 1. The summed E-state index contributed by atoms with van der Waals surface area (Å²) in [6.07, 6.45) is 1.56. The molecule has 0 aliphatic carbocycles. The zero-order chi connectivity index (χ0) is 20.4. The highest BCUT2D eigenvalue weighted by molar-refractivity contribution is 7.91. The molecule has 3 aromatic carbocycles. The number of nitrogens with one attached hydrogen (secondary N) is 1. The number of sulfonamides is 1. The topological polar surface area (TPSA) is 98.0 Å². The third-order valence-corrected chi connectivity index (χ3v) is 5.62. The number of hydrogen-bond donors (Lipinski definition) is 2. The highest BCUT2D eigenvalue weighted by Crippen LogP contribution is 2.30. The standard InChI is InChI=1S/C21H17FN4O2S/c22-20-17(15-9-10-18-16(11-15)12-24-21(23)25-18)7-4-8-19(20)26-29(27,28)13-14-5-2-1-3-6-14/h1-12,26H,13H2,(H2,23,24,25). The molecule has 0 unspecified atom stereocenters. The molecule has 3 N–H and O–H groups in total. The molecule has 0 spiro atoms. The zero-order valence-electron chi connectivity index (χ0n) is 15.2. The van der Waals surface area contributed by atoms with Crippen LogP contribution in [0.1, 0.15) is 5.56 Å². The molecule has 1 aromatic heterocycles. The number of rotatable bonds is 5. The summed E-state index contributed by atoms with van der Waals surface area (Å²) in [7, 11) is -3.77. The van der Waals surface area contributed by atoms with Crippen molar-refractivity contribution in [3.8, 4) is 11.1 Å². The summed E-state index contributed by atoms with van der Waals surface area (Å²) in [4.78, 5) is 8.07. The monoisotopic (exact) mass is 408 g/mol. The van der Waals surface area contributed by atoms with Crippen molar-refractivity contribution in [1.82, 2.24) is 9.97 Å². The molecule has 0 bridgehead atoms. The molecule has 6 nitrogen and oxygen atoms in total. The van der Waals surface area contributed by atoms with Gasteiger partial charge in [0.1, 0.15) is 0 Å². The van der Waals surface area contributed by atoms with E-state index in [-0.39, 0.29) is 23.0 Å². The smallest absolute Gasteiger partial charge is 0.237 e. The molecule has 4 rings (SSSR count). The van der Waals surface area contributed by atoms with Crippen LogP contribution < -0.4 is 10.5 Å². The summed E-state index contributed by atoms with van der Waals surface area (Å²) in [5.41, 5.74) is 7.58. The van der Waals surface area contributed by atoms with Gasteiger partial charge in [-0.2, -0.15) is 0 Å². The van der Waals surface area contributed by atoms with Crippen LogP contribution in [0.2, 0.25) is 0 Å². The van der Waals surface area contributed by atoms with Gasteiger partial charge < -0.3 is 5.73 Å². The van der Waals surface area contributed by atoms with Crippen LogP contribution in [0.15, 0.2) is 72.9 Å². The van der Waals surface area contributed by atoms with E-state index in [9.17, 15) is 8.42 Å². The van der Waals surface area contributed by atoms with Crippen LogP contribution in [0, 0.1) is 5.82 Å². The first-order valence-electron chi connectivity index (χ1n) is 8.77. The van der Waals surface area contributed by atoms with Crippen LogP contribution >= 0.6 is 0 Å². The van der Waals surface area contributed by atoms with Crippen molar-refractivity contribution in [2.75, 3.05) is 10.5 Å². The van der Waals surface area contributed by atoms with E-state index in [2.05, 4.69) is 14.7 Å². The van der Waals surface area contributed by atoms with Crippen molar-refractivity contribution < 1.29 is 12.8 Å². The number of nitrogens with zero attached hydrogens (tertiary/aromatic N) is 2. The zero-order valence-corrected chi connectivity index (χ0v) is 16.0. The van der Waals surface area contributed by atoms with Crippen LogP contribution in [0.5, 0.6) is 0 Å². The second kappa shape index (κ2) is 7.48. The van der Waals surface area contributed by atoms with E-state index in [0.717, 1.165) is 0 Å². The number of hydrogen-bond acceptors (Lipinski definition) is 5. The lowest BCUT2D eigenvalue weighted by atomic mass is 10.0. The van der Waals surface area contributed by atoms with E-state index in [4.69, 9.17) is 5.73 Å². The molecule has 0 radical (unpaired) electrons. The van der Waals surface area contributed by atoms with Crippen molar-refractivity contribution in [2.45, 2.75) is 5.75 Å². The van der Waals surface area contributed by atoms with E-state index in [1.807, 2.05) is 0 Å². The van der Waals surface area contributed by atoms with Crippen molar-refractivity contribution in [1.29, 1.82) is 0 Å². The lowest BCUT2D eigenvalue weighted by molar-refractivity contribution is 0.598. The van der Waals surface area contributed by atoms with Crippen molar-refractivity contribution >= 4 is 32.6 Å². The maximum absolute atomic E-state index is 15.1. The molecular formula is C21H17FN4O2S. The van der Waals surface area contributed by atoms with Gasteiger partial charge in [-0.05, 0) is 29.3 Å². The largest absolute Gasteiger partial charge is 0.368 e. The van der Waals surface area contributed by atoms with E-state index in [1.165, 1.54) is 6.07 Å². The molecule has 0 aliphatic heterocycles. The highest BCUT2D eigenvalue weighted by atomic mass is 32.2. The molecule has 1 heterocycles. The normalized spacial score (nSPS) is 11.5. The third-order valence-electron chi connectivity index (χ3n) is 4.37. The number of benzene rings is 3. The van der Waals surface area contributed by atoms with Crippen LogP contribution in [0.25, 0.3) is 22.0 Å². The molecule has 0 fully saturated rings. The average Bonchev–Trinajstić information content (AvgIpc) is 2.69. The Labute approximate surface area is 167 Å². The second-order valence-electron chi connectivity index (χ2n) is 6.52. The number of aromatic nitrogens is 2. The molecule has 0 atom stereocenters. The van der Waals surface area contributed by atoms with E-state index < -0.39 is 15.8 Å². The minimum atomic E-state index is -3.77. The molecule has 4 aromatic rings. The Kier molecular flexibility index (Phi) is 4.85. The number of halogens is 1. The van der Waals surface area contributed by atoms with Gasteiger partial charge in [-0.15, -0.1) is 0 Å².